The van der Waals surface area contributed by atoms with Crippen LogP contribution >= 0.6 is 0 Å². The summed E-state index contributed by atoms with van der Waals surface area (Å²) in [5.41, 5.74) is 11.0. The van der Waals surface area contributed by atoms with Gasteiger partial charge in [-0.25, -0.2) is 15.0 Å². The Hall–Kier alpha value is -7.43. The number of fused-ring (bicyclic) bond motifs is 15. The first-order chi connectivity index (χ1) is 31.9. The molecule has 8 aromatic carbocycles. The van der Waals surface area contributed by atoms with E-state index in [1.54, 1.807) is 0 Å². The zero-order valence-corrected chi connectivity index (χ0v) is 30.4. The lowest BCUT2D eigenvalue weighted by Gasteiger charge is -2.35. The molecule has 0 amide bonds. The fraction of sp³-hybridized carbons (Fsp3) is 0.0377. The molecule has 0 saturated carbocycles. The summed E-state index contributed by atoms with van der Waals surface area (Å²) in [6.45, 7) is 1.52. The minimum absolute atomic E-state index is 0.0475. The first-order valence-electron chi connectivity index (χ1n) is 23.2. The molecule has 266 valence electrons. The van der Waals surface area contributed by atoms with Crippen molar-refractivity contribution in [3.63, 3.8) is 0 Å². The third-order valence-electron chi connectivity index (χ3n) is 11.4. The highest BCUT2D eigenvalue weighted by atomic mass is 16.3. The van der Waals surface area contributed by atoms with E-state index in [-0.39, 0.29) is 46.2 Å². The van der Waals surface area contributed by atoms with Gasteiger partial charge in [0.1, 0.15) is 11.2 Å². The molecule has 0 bridgehead atoms. The van der Waals surface area contributed by atoms with Gasteiger partial charge in [0.2, 0.25) is 0 Å². The molecule has 0 aliphatic heterocycles. The van der Waals surface area contributed by atoms with E-state index in [9.17, 15) is 0 Å². The van der Waals surface area contributed by atoms with Crippen LogP contribution in [0.15, 0.2) is 186 Å². The summed E-state index contributed by atoms with van der Waals surface area (Å²) in [6.07, 6.45) is 0. The molecular formula is C53H33N3O. The van der Waals surface area contributed by atoms with Crippen molar-refractivity contribution in [2.45, 2.75) is 12.3 Å². The topological polar surface area (TPSA) is 51.8 Å². The lowest BCUT2D eigenvalue weighted by atomic mass is 9.65. The van der Waals surface area contributed by atoms with Crippen molar-refractivity contribution < 1.29 is 16.8 Å². The molecule has 2 aliphatic carbocycles. The maximum atomic E-state index is 9.08. The average Bonchev–Trinajstić information content (AvgIpc) is 3.82. The first kappa shape index (κ1) is 24.2. The molecular weight excluding hydrogens is 695 g/mol. The van der Waals surface area contributed by atoms with E-state index in [0.717, 1.165) is 77.6 Å². The van der Waals surface area contributed by atoms with Crippen LogP contribution in [-0.2, 0) is 5.41 Å². The van der Waals surface area contributed by atoms with E-state index in [4.69, 9.17) is 26.7 Å². The van der Waals surface area contributed by atoms with E-state index in [2.05, 4.69) is 83.8 Å². The molecule has 2 heterocycles. The Bertz CT molecular complexity index is 3660. The number of rotatable bonds is 3. The first-order valence-corrected chi connectivity index (χ1v) is 18.7. The van der Waals surface area contributed by atoms with E-state index in [1.165, 1.54) is 6.92 Å². The second kappa shape index (κ2) is 12.0. The highest BCUT2D eigenvalue weighted by Gasteiger charge is 2.50. The molecule has 57 heavy (non-hydrogen) atoms. The highest BCUT2D eigenvalue weighted by Crippen LogP contribution is 2.62. The maximum Gasteiger partial charge on any atom is 0.164 e. The Morgan fingerprint density at radius 1 is 0.439 bits per heavy atom. The van der Waals surface area contributed by atoms with Gasteiger partial charge in [-0.1, -0.05) is 157 Å². The van der Waals surface area contributed by atoms with Crippen LogP contribution in [0.5, 0.6) is 0 Å². The van der Waals surface area contributed by atoms with Gasteiger partial charge in [-0.3, -0.25) is 0 Å². The molecule has 0 N–H and O–H groups in total. The molecule has 4 nitrogen and oxygen atoms in total. The Morgan fingerprint density at radius 3 is 1.77 bits per heavy atom. The van der Waals surface area contributed by atoms with Crippen LogP contribution in [0.2, 0.25) is 0 Å². The highest BCUT2D eigenvalue weighted by molar-refractivity contribution is 6.09. The van der Waals surface area contributed by atoms with Gasteiger partial charge >= 0.3 is 0 Å². The number of aromatic nitrogens is 3. The third-order valence-corrected chi connectivity index (χ3v) is 11.4. The lowest BCUT2D eigenvalue weighted by Crippen LogP contribution is -2.29. The predicted octanol–water partition coefficient (Wildman–Crippen LogP) is 13.1. The molecule has 0 saturated heterocycles. The summed E-state index contributed by atoms with van der Waals surface area (Å²) < 4.78 is 84.8. The molecule has 1 spiro atoms. The smallest absolute Gasteiger partial charge is 0.164 e. The van der Waals surface area contributed by atoms with Gasteiger partial charge in [0.25, 0.3) is 0 Å². The molecule has 2 aromatic heterocycles. The summed E-state index contributed by atoms with van der Waals surface area (Å²) >= 11 is 0. The molecule has 10 aromatic rings. The summed E-state index contributed by atoms with van der Waals surface area (Å²) in [7, 11) is 0. The summed E-state index contributed by atoms with van der Waals surface area (Å²) in [4.78, 5) is 14.4. The van der Waals surface area contributed by atoms with Gasteiger partial charge in [-0.2, -0.15) is 0 Å². The third kappa shape index (κ3) is 4.59. The zero-order valence-electron chi connectivity index (χ0n) is 39.4. The molecule has 0 fully saturated rings. The summed E-state index contributed by atoms with van der Waals surface area (Å²) in [5.74, 6) is -0.429. The monoisotopic (exact) mass is 736 g/mol. The van der Waals surface area contributed by atoms with Gasteiger partial charge in [0, 0.05) is 27.5 Å². The van der Waals surface area contributed by atoms with Crippen LogP contribution in [0.25, 0.3) is 89.5 Å². The van der Waals surface area contributed by atoms with Crippen LogP contribution in [0.1, 0.15) is 40.2 Å². The van der Waals surface area contributed by atoms with Gasteiger partial charge in [0.15, 0.2) is 17.5 Å². The van der Waals surface area contributed by atoms with Gasteiger partial charge in [0.05, 0.1) is 17.8 Å². The summed E-state index contributed by atoms with van der Waals surface area (Å²) in [5, 5.41) is 1.96. The van der Waals surface area contributed by atoms with Gasteiger partial charge in [-0.05, 0) is 92.9 Å². The fourth-order valence-electron chi connectivity index (χ4n) is 9.09. The van der Waals surface area contributed by atoms with Crippen molar-refractivity contribution in [1.29, 1.82) is 0 Å². The van der Waals surface area contributed by atoms with Crippen LogP contribution in [0.4, 0.5) is 0 Å². The van der Waals surface area contributed by atoms with Gasteiger partial charge in [-0.15, -0.1) is 0 Å². The number of hydrogen-bond acceptors (Lipinski definition) is 4. The number of benzene rings is 8. The van der Waals surface area contributed by atoms with E-state index in [0.29, 0.717) is 5.56 Å². The van der Waals surface area contributed by atoms with Crippen molar-refractivity contribution in [2.24, 2.45) is 0 Å². The average molecular weight is 737 g/mol. The van der Waals surface area contributed by atoms with Crippen LogP contribution in [0.3, 0.4) is 0 Å². The predicted molar refractivity (Wildman–Crippen MR) is 230 cm³/mol. The van der Waals surface area contributed by atoms with Crippen molar-refractivity contribution >= 4 is 21.9 Å². The number of nitrogens with zero attached hydrogens (tertiary/aromatic N) is 3. The Labute approximate surface area is 342 Å². The van der Waals surface area contributed by atoms with E-state index < -0.39 is 47.7 Å². The molecule has 1 atom stereocenters. The molecule has 1 unspecified atom stereocenters. The number of para-hydroxylation sites is 1. The standard InChI is InChI=1S/C53H33N3O/c1-32-14-13-17-34(28-32)51-54-50(33-15-3-2-4-16-33)55-52(56-51)35-26-27-40-37-19-6-5-18-36(37)38-20-7-10-23-44(38)53(46(40)29-35)45-24-11-8-21-39(45)42-31-49-43(30-47(42)53)41-22-9-12-25-48(41)57-49/h2-31H,1H3/i2D,3D,4D,13D,14D,15D,16D,17D,28D. The quantitative estimate of drug-likeness (QED) is 0.181. The molecule has 4 heteroatoms. The van der Waals surface area contributed by atoms with Crippen molar-refractivity contribution in [1.82, 2.24) is 15.0 Å². The van der Waals surface area contributed by atoms with Gasteiger partial charge < -0.3 is 4.42 Å². The Kier molecular flexibility index (Phi) is 5.10. The molecule has 2 aliphatic rings. The van der Waals surface area contributed by atoms with Crippen molar-refractivity contribution in [2.75, 3.05) is 0 Å². The number of furan rings is 1. The van der Waals surface area contributed by atoms with Crippen molar-refractivity contribution in [3.05, 3.63) is 210 Å². The second-order valence-electron chi connectivity index (χ2n) is 14.4. The Balaban J connectivity index is 1.22. The Morgan fingerprint density at radius 2 is 1.02 bits per heavy atom. The summed E-state index contributed by atoms with van der Waals surface area (Å²) in [6, 6.07) is 39.5. The van der Waals surface area contributed by atoms with E-state index in [1.807, 2.05) is 48.5 Å². The normalized spacial score (nSPS) is 17.0. The minimum Gasteiger partial charge on any atom is -0.456 e. The largest absolute Gasteiger partial charge is 0.456 e. The molecule has 0 radical (unpaired) electrons. The lowest BCUT2D eigenvalue weighted by molar-refractivity contribution is 0.668. The SMILES string of the molecule is [2H]c1c([2H])c([2H])c(-c2nc(-c3ccc4c(c3)C3(c5ccccc5-c5ccccc5-4)c4ccccc4-c4cc5oc6ccccc6c5cc43)nc(-c3c([2H])c([2H])c([2H])c(C)c3[2H])n2)c([2H])c1[2H]. The maximum absolute atomic E-state index is 9.08. The molecule has 12 rings (SSSR count). The minimum atomic E-state index is -0.949. The van der Waals surface area contributed by atoms with E-state index >= 15 is 0 Å². The van der Waals surface area contributed by atoms with Crippen LogP contribution in [-0.4, -0.2) is 15.0 Å². The fourth-order valence-corrected chi connectivity index (χ4v) is 9.09. The van der Waals surface area contributed by atoms with Crippen molar-refractivity contribution in [3.8, 4) is 67.5 Å². The van der Waals surface area contributed by atoms with Crippen LogP contribution in [0, 0.1) is 6.92 Å². The zero-order chi connectivity index (χ0) is 45.5. The number of hydrogen-bond donors (Lipinski definition) is 0. The second-order valence-corrected chi connectivity index (χ2v) is 14.4. The van der Waals surface area contributed by atoms with Crippen LogP contribution < -0.4 is 0 Å².